The molecule has 0 radical (unpaired) electrons. The maximum absolute atomic E-state index is 12.1. The molecule has 1 N–H and O–H groups in total. The van der Waals surface area contributed by atoms with Crippen LogP contribution in [0, 0.1) is 25.7 Å². The molecule has 3 heteroatoms. The van der Waals surface area contributed by atoms with Gasteiger partial charge in [-0.25, -0.2) is 5.43 Å². The quantitative estimate of drug-likeness (QED) is 0.639. The average Bonchev–Trinajstić information content (AvgIpc) is 2.71. The van der Waals surface area contributed by atoms with Crippen LogP contribution in [0.1, 0.15) is 34.3 Å². The number of rotatable bonds is 2. The zero-order chi connectivity index (χ0) is 13.4. The van der Waals surface area contributed by atoms with Crippen molar-refractivity contribution in [2.24, 2.45) is 16.9 Å². The lowest BCUT2D eigenvalue weighted by atomic mass is 9.74. The molecule has 98 valence electrons. The number of carbonyl (C=O) groups is 1. The van der Waals surface area contributed by atoms with Crippen LogP contribution >= 0.6 is 0 Å². The van der Waals surface area contributed by atoms with Gasteiger partial charge in [0.25, 0.3) is 5.91 Å². The van der Waals surface area contributed by atoms with Crippen LogP contribution in [0.3, 0.4) is 0 Å². The monoisotopic (exact) mass is 254 g/mol. The highest BCUT2D eigenvalue weighted by atomic mass is 16.2. The number of allylic oxidation sites excluding steroid dienone is 2. The summed E-state index contributed by atoms with van der Waals surface area (Å²) in [7, 11) is 0. The zero-order valence-corrected chi connectivity index (χ0v) is 11.3. The van der Waals surface area contributed by atoms with Gasteiger partial charge in [0.1, 0.15) is 0 Å². The third-order valence-electron chi connectivity index (χ3n) is 4.07. The van der Waals surface area contributed by atoms with E-state index in [1.165, 1.54) is 5.56 Å². The van der Waals surface area contributed by atoms with Crippen molar-refractivity contribution in [2.45, 2.75) is 26.7 Å². The van der Waals surface area contributed by atoms with Crippen LogP contribution in [0.5, 0.6) is 0 Å². The Morgan fingerprint density at radius 2 is 2.21 bits per heavy atom. The second-order valence-electron chi connectivity index (χ2n) is 5.52. The second-order valence-corrected chi connectivity index (χ2v) is 5.52. The summed E-state index contributed by atoms with van der Waals surface area (Å²) in [5.41, 5.74) is 6.65. The number of hydrazone groups is 1. The van der Waals surface area contributed by atoms with Gasteiger partial charge in [0, 0.05) is 17.2 Å². The van der Waals surface area contributed by atoms with Gasteiger partial charge in [-0.1, -0.05) is 29.8 Å². The van der Waals surface area contributed by atoms with E-state index in [9.17, 15) is 4.79 Å². The topological polar surface area (TPSA) is 41.5 Å². The van der Waals surface area contributed by atoms with E-state index < -0.39 is 0 Å². The molecular formula is C16H18N2O. The number of nitrogens with one attached hydrogen (secondary N) is 1. The minimum atomic E-state index is -0.115. The van der Waals surface area contributed by atoms with Crippen LogP contribution < -0.4 is 5.43 Å². The molecule has 0 aromatic heterocycles. The van der Waals surface area contributed by atoms with Gasteiger partial charge < -0.3 is 0 Å². The fraction of sp³-hybridized carbons (Fsp3) is 0.375. The van der Waals surface area contributed by atoms with E-state index in [-0.39, 0.29) is 5.91 Å². The molecule has 1 fully saturated rings. The first-order valence-electron chi connectivity index (χ1n) is 6.76. The summed E-state index contributed by atoms with van der Waals surface area (Å²) in [6.07, 6.45) is 6.60. The zero-order valence-electron chi connectivity index (χ0n) is 11.3. The van der Waals surface area contributed by atoms with E-state index in [2.05, 4.69) is 22.7 Å². The Morgan fingerprint density at radius 1 is 1.37 bits per heavy atom. The molecule has 1 amide bonds. The first kappa shape index (κ1) is 12.2. The summed E-state index contributed by atoms with van der Waals surface area (Å²) in [6.45, 7) is 3.98. The smallest absolute Gasteiger partial charge is 0.267 e. The highest BCUT2D eigenvalue weighted by Crippen LogP contribution is 2.40. The van der Waals surface area contributed by atoms with Crippen LogP contribution in [0.4, 0.5) is 0 Å². The standard InChI is InChI=1S/C16H18N2O/c1-10-6-7-13(11(2)8-10)16(19)18-17-15-9-12-4-3-5-14(12)15/h3,5-8,12,14H,4,9H2,1-2H3,(H,18,19)/b17-15-/t12-,14-/m0/s1. The van der Waals surface area contributed by atoms with Gasteiger partial charge in [0.15, 0.2) is 0 Å². The van der Waals surface area contributed by atoms with E-state index in [1.807, 2.05) is 32.0 Å². The predicted octanol–water partition coefficient (Wildman–Crippen LogP) is 2.99. The van der Waals surface area contributed by atoms with Crippen LogP contribution in [0.2, 0.25) is 0 Å². The molecule has 0 spiro atoms. The number of carbonyl (C=O) groups excluding carboxylic acids is 1. The molecule has 2 aliphatic rings. The van der Waals surface area contributed by atoms with Gasteiger partial charge in [-0.05, 0) is 44.2 Å². The Hall–Kier alpha value is -1.90. The van der Waals surface area contributed by atoms with Gasteiger partial charge in [-0.3, -0.25) is 4.79 Å². The lowest BCUT2D eigenvalue weighted by molar-refractivity contribution is 0.0953. The van der Waals surface area contributed by atoms with E-state index in [4.69, 9.17) is 0 Å². The average molecular weight is 254 g/mol. The molecule has 0 aliphatic heterocycles. The Labute approximate surface area is 113 Å². The lowest BCUT2D eigenvalue weighted by Gasteiger charge is -2.31. The molecule has 2 atom stereocenters. The Bertz CT molecular complexity index is 586. The number of hydrogen-bond donors (Lipinski definition) is 1. The van der Waals surface area contributed by atoms with Crippen LogP contribution in [0.15, 0.2) is 35.5 Å². The summed E-state index contributed by atoms with van der Waals surface area (Å²) in [5.74, 6) is 1.09. The highest BCUT2D eigenvalue weighted by molar-refractivity contribution is 5.99. The maximum atomic E-state index is 12.1. The van der Waals surface area contributed by atoms with Crippen molar-refractivity contribution in [1.29, 1.82) is 0 Å². The van der Waals surface area contributed by atoms with Crippen molar-refractivity contribution in [3.05, 3.63) is 47.0 Å². The highest BCUT2D eigenvalue weighted by Gasteiger charge is 2.37. The molecule has 3 nitrogen and oxygen atoms in total. The molecule has 3 rings (SSSR count). The molecule has 2 aliphatic carbocycles. The van der Waals surface area contributed by atoms with Crippen molar-refractivity contribution in [1.82, 2.24) is 5.43 Å². The third-order valence-corrected chi connectivity index (χ3v) is 4.07. The fourth-order valence-corrected chi connectivity index (χ4v) is 2.91. The van der Waals surface area contributed by atoms with E-state index in [0.717, 1.165) is 30.0 Å². The number of fused-ring (bicyclic) bond motifs is 1. The molecule has 0 unspecified atom stereocenters. The molecule has 0 bridgehead atoms. The van der Waals surface area contributed by atoms with E-state index >= 15 is 0 Å². The van der Waals surface area contributed by atoms with Crippen molar-refractivity contribution >= 4 is 11.6 Å². The van der Waals surface area contributed by atoms with Crippen molar-refractivity contribution < 1.29 is 4.79 Å². The first-order chi connectivity index (χ1) is 9.15. The molecule has 1 aromatic carbocycles. The Morgan fingerprint density at radius 3 is 2.95 bits per heavy atom. The lowest BCUT2D eigenvalue weighted by Crippen LogP contribution is -2.35. The number of hydrogen-bond acceptors (Lipinski definition) is 2. The Balaban J connectivity index is 1.69. The molecule has 19 heavy (non-hydrogen) atoms. The van der Waals surface area contributed by atoms with Gasteiger partial charge in [0.05, 0.1) is 0 Å². The second kappa shape index (κ2) is 4.65. The molecule has 0 saturated heterocycles. The number of nitrogens with zero attached hydrogens (tertiary/aromatic N) is 1. The van der Waals surface area contributed by atoms with Crippen molar-refractivity contribution in [3.63, 3.8) is 0 Å². The van der Waals surface area contributed by atoms with Crippen LogP contribution in [0.25, 0.3) is 0 Å². The SMILES string of the molecule is Cc1ccc(C(=O)N/N=C2/C[C@@H]3CC=C[C@H]23)c(C)c1. The molecule has 1 aromatic rings. The van der Waals surface area contributed by atoms with Crippen molar-refractivity contribution in [3.8, 4) is 0 Å². The number of amides is 1. The Kier molecular flexibility index (Phi) is 2.97. The summed E-state index contributed by atoms with van der Waals surface area (Å²) in [6, 6.07) is 5.83. The maximum Gasteiger partial charge on any atom is 0.271 e. The summed E-state index contributed by atoms with van der Waals surface area (Å²) in [5, 5.41) is 4.28. The van der Waals surface area contributed by atoms with Gasteiger partial charge in [-0.2, -0.15) is 5.10 Å². The molecule has 1 saturated carbocycles. The summed E-state index contributed by atoms with van der Waals surface area (Å²) in [4.78, 5) is 12.1. The number of benzene rings is 1. The van der Waals surface area contributed by atoms with Gasteiger partial charge in [-0.15, -0.1) is 0 Å². The van der Waals surface area contributed by atoms with Gasteiger partial charge >= 0.3 is 0 Å². The van der Waals surface area contributed by atoms with Gasteiger partial charge in [0.2, 0.25) is 0 Å². The third kappa shape index (κ3) is 2.21. The van der Waals surface area contributed by atoms with E-state index in [0.29, 0.717) is 11.5 Å². The first-order valence-corrected chi connectivity index (χ1v) is 6.76. The van der Waals surface area contributed by atoms with Crippen LogP contribution in [-0.4, -0.2) is 11.6 Å². The molecule has 0 heterocycles. The van der Waals surface area contributed by atoms with Crippen LogP contribution in [-0.2, 0) is 0 Å². The normalized spacial score (nSPS) is 26.1. The molecular weight excluding hydrogens is 236 g/mol. The fourth-order valence-electron chi connectivity index (χ4n) is 2.91. The minimum Gasteiger partial charge on any atom is -0.267 e. The predicted molar refractivity (Wildman–Crippen MR) is 76.2 cm³/mol. The van der Waals surface area contributed by atoms with E-state index in [1.54, 1.807) is 0 Å². The largest absolute Gasteiger partial charge is 0.271 e. The van der Waals surface area contributed by atoms with Crippen molar-refractivity contribution in [2.75, 3.05) is 0 Å². The summed E-state index contributed by atoms with van der Waals surface area (Å²) >= 11 is 0. The number of aryl methyl sites for hydroxylation is 2. The minimum absolute atomic E-state index is 0.115. The summed E-state index contributed by atoms with van der Waals surface area (Å²) < 4.78 is 0.